The van der Waals surface area contributed by atoms with Crippen LogP contribution in [0.25, 0.3) is 167 Å². The fraction of sp³-hybridized carbons (Fsp3) is 0. The van der Waals surface area contributed by atoms with Gasteiger partial charge in [0.2, 0.25) is 0 Å². The third-order valence-corrected chi connectivity index (χ3v) is 16.9. The van der Waals surface area contributed by atoms with Crippen LogP contribution < -0.4 is 0 Å². The average molecular weight is 1150 g/mol. The Labute approximate surface area is 521 Å². The van der Waals surface area contributed by atoms with Gasteiger partial charge in [0.1, 0.15) is 0 Å². The monoisotopic (exact) mass is 1150 g/mol. The van der Waals surface area contributed by atoms with Crippen molar-refractivity contribution in [3.8, 4) is 135 Å². The summed E-state index contributed by atoms with van der Waals surface area (Å²) >= 11 is 0. The number of nitrogens with zero attached hydrogens (tertiary/aromatic N) is 6. The molecule has 0 saturated carbocycles. The Morgan fingerprint density at radius 2 is 0.322 bits per heavy atom. The van der Waals surface area contributed by atoms with Gasteiger partial charge in [0.05, 0.1) is 49.8 Å². The Hall–Kier alpha value is -12.1. The summed E-state index contributed by atoms with van der Waals surface area (Å²) in [6.45, 7) is 0. The maximum absolute atomic E-state index is 5.90. The molecule has 0 aliphatic rings. The molecular formula is C84H54N6. The molecule has 0 N–H and O–H groups in total. The van der Waals surface area contributed by atoms with Gasteiger partial charge >= 0.3 is 0 Å². The first-order valence-electron chi connectivity index (χ1n) is 30.3. The molecule has 16 rings (SSSR count). The van der Waals surface area contributed by atoms with E-state index in [1.165, 1.54) is 0 Å². The summed E-state index contributed by atoms with van der Waals surface area (Å²) in [5.74, 6) is 1.64. The predicted molar refractivity (Wildman–Crippen MR) is 371 cm³/mol. The quantitative estimate of drug-likeness (QED) is 0.113. The Morgan fingerprint density at radius 1 is 0.133 bits per heavy atom. The predicted octanol–water partition coefficient (Wildman–Crippen LogP) is 21.5. The minimum absolute atomic E-state index is 0.547. The molecule has 0 fully saturated rings. The summed E-state index contributed by atoms with van der Waals surface area (Å²) in [5.41, 5.74) is 22.3. The highest BCUT2D eigenvalue weighted by atomic mass is 15.0. The minimum atomic E-state index is 0.547. The number of hydrogen-bond donors (Lipinski definition) is 0. The molecule has 420 valence electrons. The van der Waals surface area contributed by atoms with Gasteiger partial charge in [0.15, 0.2) is 17.5 Å². The van der Waals surface area contributed by atoms with Crippen LogP contribution in [0.3, 0.4) is 0 Å². The van der Waals surface area contributed by atoms with E-state index < -0.39 is 0 Å². The Kier molecular flexibility index (Phi) is 13.8. The van der Waals surface area contributed by atoms with E-state index in [2.05, 4.69) is 309 Å². The van der Waals surface area contributed by atoms with Crippen molar-refractivity contribution in [2.45, 2.75) is 0 Å². The molecule has 90 heavy (non-hydrogen) atoms. The van der Waals surface area contributed by atoms with Gasteiger partial charge in [-0.05, 0) is 97.1 Å². The maximum atomic E-state index is 5.90. The second-order valence-corrected chi connectivity index (χ2v) is 22.5. The summed E-state index contributed by atoms with van der Waals surface area (Å²) in [6, 6.07) is 115. The maximum Gasteiger partial charge on any atom is 0.160 e. The topological polar surface area (TPSA) is 77.3 Å². The highest BCUT2D eigenvalue weighted by Gasteiger charge is 2.28. The van der Waals surface area contributed by atoms with E-state index in [0.717, 1.165) is 116 Å². The third-order valence-electron chi connectivity index (χ3n) is 16.9. The van der Waals surface area contributed by atoms with E-state index >= 15 is 0 Å². The molecule has 0 aliphatic heterocycles. The smallest absolute Gasteiger partial charge is 0.160 e. The van der Waals surface area contributed by atoms with Gasteiger partial charge in [-0.15, -0.1) is 0 Å². The van der Waals surface area contributed by atoms with E-state index in [4.69, 9.17) is 29.9 Å². The molecule has 3 heterocycles. The molecule has 3 aromatic heterocycles. The van der Waals surface area contributed by atoms with Gasteiger partial charge in [-0.3, -0.25) is 0 Å². The van der Waals surface area contributed by atoms with Crippen molar-refractivity contribution in [2.24, 2.45) is 0 Å². The van der Waals surface area contributed by atoms with Gasteiger partial charge in [0.25, 0.3) is 0 Å². The number of rotatable bonds is 12. The first kappa shape index (κ1) is 53.4. The van der Waals surface area contributed by atoms with Crippen molar-refractivity contribution in [3.05, 3.63) is 328 Å². The lowest BCUT2D eigenvalue weighted by atomic mass is 9.92. The van der Waals surface area contributed by atoms with Gasteiger partial charge in [0, 0.05) is 33.4 Å². The molecule has 13 aromatic carbocycles. The summed E-state index contributed by atoms with van der Waals surface area (Å²) in [7, 11) is 0. The SMILES string of the molecule is c1ccc(-c2ccc(-c3nc(-c4cccc(-c5ccccc5)c4)nc4c3c3nc(-c5cccc(-c6ccccc6)c5)nc(-c5cccc(-c6ccccc6)c5)c3c3nc(-c5cccc(-c6ccccc6)c5)nc(-c5cccc(-c6ccccc6)c5)c43)cc2)cc1. The zero-order valence-corrected chi connectivity index (χ0v) is 48.9. The standard InChI is InChI=1S/C84H54N6/c1-7-24-55(25-8-1)61-46-48-62(49-47-61)76-73-79(88-82(85-76)70-43-21-38-65(52-70)58-30-13-4-14-31-58)74-77(68-41-19-36-63(50-68)56-26-9-2-10-27-56)87-84(72-45-23-40-67(54-72)60-34-17-6-18-35-60)90-81(74)75-78(69-42-20-37-64(51-69)57-28-11-3-12-29-57)86-83(89-80(73)75)71-44-22-39-66(53-71)59-32-15-5-16-33-59/h1-54H. The van der Waals surface area contributed by atoms with Crippen molar-refractivity contribution >= 4 is 32.7 Å². The lowest BCUT2D eigenvalue weighted by Crippen LogP contribution is -2.05. The molecule has 0 amide bonds. The first-order chi connectivity index (χ1) is 44.6. The van der Waals surface area contributed by atoms with Crippen LogP contribution in [0.1, 0.15) is 0 Å². The largest absolute Gasteiger partial charge is 0.227 e. The number of aromatic nitrogens is 6. The Morgan fingerprint density at radius 3 is 0.600 bits per heavy atom. The average Bonchev–Trinajstić information content (AvgIpc) is 0.716. The van der Waals surface area contributed by atoms with Crippen LogP contribution in [0.2, 0.25) is 0 Å². The second-order valence-electron chi connectivity index (χ2n) is 22.5. The van der Waals surface area contributed by atoms with Crippen molar-refractivity contribution < 1.29 is 0 Å². The molecular weight excluding hydrogens is 1090 g/mol. The van der Waals surface area contributed by atoms with Crippen molar-refractivity contribution in [2.75, 3.05) is 0 Å². The fourth-order valence-corrected chi connectivity index (χ4v) is 12.4. The normalized spacial score (nSPS) is 11.3. The molecule has 0 unspecified atom stereocenters. The third kappa shape index (κ3) is 10.2. The van der Waals surface area contributed by atoms with Crippen LogP contribution in [-0.4, -0.2) is 29.9 Å². The lowest BCUT2D eigenvalue weighted by Gasteiger charge is -2.20. The van der Waals surface area contributed by atoms with Gasteiger partial charge in [-0.1, -0.05) is 297 Å². The van der Waals surface area contributed by atoms with Gasteiger partial charge in [-0.25, -0.2) is 29.9 Å². The molecule has 6 nitrogen and oxygen atoms in total. The van der Waals surface area contributed by atoms with Crippen LogP contribution in [0.4, 0.5) is 0 Å². The summed E-state index contributed by atoms with van der Waals surface area (Å²) in [6.07, 6.45) is 0. The Bertz CT molecular complexity index is 5180. The molecule has 0 radical (unpaired) electrons. The van der Waals surface area contributed by atoms with Crippen molar-refractivity contribution in [1.82, 2.24) is 29.9 Å². The van der Waals surface area contributed by atoms with Crippen molar-refractivity contribution in [1.29, 1.82) is 0 Å². The Balaban J connectivity index is 1.10. The summed E-state index contributed by atoms with van der Waals surface area (Å²) in [4.78, 5) is 35.1. The van der Waals surface area contributed by atoms with Crippen LogP contribution in [-0.2, 0) is 0 Å². The first-order valence-corrected chi connectivity index (χ1v) is 30.3. The lowest BCUT2D eigenvalue weighted by molar-refractivity contribution is 1.20. The van der Waals surface area contributed by atoms with Crippen molar-refractivity contribution in [3.63, 3.8) is 0 Å². The molecule has 0 aliphatic carbocycles. The minimum Gasteiger partial charge on any atom is -0.227 e. The van der Waals surface area contributed by atoms with E-state index in [0.29, 0.717) is 51.1 Å². The highest BCUT2D eigenvalue weighted by Crippen LogP contribution is 2.47. The van der Waals surface area contributed by atoms with E-state index in [1.54, 1.807) is 0 Å². The summed E-state index contributed by atoms with van der Waals surface area (Å²) in [5, 5.41) is 2.25. The second kappa shape index (κ2) is 23.3. The molecule has 0 bridgehead atoms. The molecule has 0 spiro atoms. The van der Waals surface area contributed by atoms with Crippen LogP contribution >= 0.6 is 0 Å². The fourth-order valence-electron chi connectivity index (χ4n) is 12.4. The van der Waals surface area contributed by atoms with E-state index in [-0.39, 0.29) is 0 Å². The molecule has 0 saturated heterocycles. The highest BCUT2D eigenvalue weighted by molar-refractivity contribution is 6.30. The zero-order valence-electron chi connectivity index (χ0n) is 48.9. The van der Waals surface area contributed by atoms with E-state index in [9.17, 15) is 0 Å². The van der Waals surface area contributed by atoms with Crippen LogP contribution in [0, 0.1) is 0 Å². The molecule has 6 heteroatoms. The zero-order chi connectivity index (χ0) is 59.7. The van der Waals surface area contributed by atoms with E-state index in [1.807, 2.05) is 18.2 Å². The van der Waals surface area contributed by atoms with Gasteiger partial charge < -0.3 is 0 Å². The van der Waals surface area contributed by atoms with Crippen LogP contribution in [0.5, 0.6) is 0 Å². The summed E-state index contributed by atoms with van der Waals surface area (Å²) < 4.78 is 0. The number of fused-ring (bicyclic) bond motifs is 6. The van der Waals surface area contributed by atoms with Crippen LogP contribution in [0.15, 0.2) is 328 Å². The van der Waals surface area contributed by atoms with Gasteiger partial charge in [-0.2, -0.15) is 0 Å². The number of benzene rings is 13. The molecule has 0 atom stereocenters. The number of hydrogen-bond acceptors (Lipinski definition) is 6. The molecule has 16 aromatic rings.